The van der Waals surface area contributed by atoms with Gasteiger partial charge in [0, 0.05) is 22.6 Å². The van der Waals surface area contributed by atoms with E-state index < -0.39 is 0 Å². The molecule has 1 heterocycles. The molecule has 0 saturated heterocycles. The molecule has 0 unspecified atom stereocenters. The van der Waals surface area contributed by atoms with E-state index in [4.69, 9.17) is 0 Å². The lowest BCUT2D eigenvalue weighted by molar-refractivity contribution is 0.249. The Morgan fingerprint density at radius 2 is 2.11 bits per heavy atom. The minimum absolute atomic E-state index is 0.171. The Morgan fingerprint density at radius 1 is 1.39 bits per heavy atom. The average Bonchev–Trinajstić information content (AvgIpc) is 2.85. The van der Waals surface area contributed by atoms with E-state index in [9.17, 15) is 4.79 Å². The number of H-pyrrole nitrogens is 1. The van der Waals surface area contributed by atoms with E-state index in [0.29, 0.717) is 0 Å². The summed E-state index contributed by atoms with van der Waals surface area (Å²) in [5.41, 5.74) is 0.738. The van der Waals surface area contributed by atoms with Crippen molar-refractivity contribution in [1.29, 1.82) is 0 Å². The molecule has 5 nitrogen and oxygen atoms in total. The zero-order chi connectivity index (χ0) is 13.0. The highest BCUT2D eigenvalue weighted by atomic mass is 79.9. The lowest BCUT2D eigenvalue weighted by Gasteiger charge is -2.12. The topological polar surface area (TPSA) is 69.8 Å². The minimum atomic E-state index is -0.263. The molecule has 2 amide bonds. The van der Waals surface area contributed by atoms with Crippen molar-refractivity contribution in [3.05, 3.63) is 47.0 Å². The highest BCUT2D eigenvalue weighted by molar-refractivity contribution is 9.10. The summed E-state index contributed by atoms with van der Waals surface area (Å²) >= 11 is 3.34. The lowest BCUT2D eigenvalue weighted by atomic mass is 10.3. The van der Waals surface area contributed by atoms with Crippen LogP contribution in [0.1, 0.15) is 18.8 Å². The van der Waals surface area contributed by atoms with Gasteiger partial charge in [-0.05, 0) is 31.2 Å². The lowest BCUT2D eigenvalue weighted by Crippen LogP contribution is -2.31. The Kier molecular flexibility index (Phi) is 3.99. The molecule has 0 bridgehead atoms. The van der Waals surface area contributed by atoms with E-state index >= 15 is 0 Å². The quantitative estimate of drug-likeness (QED) is 0.815. The van der Waals surface area contributed by atoms with Crippen LogP contribution in [-0.4, -0.2) is 16.0 Å². The first kappa shape index (κ1) is 12.6. The Labute approximate surface area is 113 Å². The van der Waals surface area contributed by atoms with Crippen molar-refractivity contribution in [3.8, 4) is 0 Å². The van der Waals surface area contributed by atoms with Crippen LogP contribution in [0.25, 0.3) is 0 Å². The molecule has 2 aromatic rings. The molecule has 0 saturated carbocycles. The molecular weight excluding hydrogens is 296 g/mol. The van der Waals surface area contributed by atoms with E-state index in [0.717, 1.165) is 16.0 Å². The number of hydrogen-bond acceptors (Lipinski definition) is 2. The second-order valence-corrected chi connectivity index (χ2v) is 4.72. The highest BCUT2D eigenvalue weighted by Crippen LogP contribution is 2.14. The molecule has 3 N–H and O–H groups in total. The molecule has 0 radical (unpaired) electrons. The zero-order valence-corrected chi connectivity index (χ0v) is 11.4. The van der Waals surface area contributed by atoms with Crippen LogP contribution in [-0.2, 0) is 0 Å². The number of aromatic amines is 1. The van der Waals surface area contributed by atoms with Crippen molar-refractivity contribution >= 4 is 27.6 Å². The van der Waals surface area contributed by atoms with Crippen LogP contribution in [0.3, 0.4) is 0 Å². The number of hydrogen-bond donors (Lipinski definition) is 3. The summed E-state index contributed by atoms with van der Waals surface area (Å²) in [6.07, 6.45) is 3.38. The van der Waals surface area contributed by atoms with Crippen molar-refractivity contribution in [3.63, 3.8) is 0 Å². The summed E-state index contributed by atoms with van der Waals surface area (Å²) in [7, 11) is 0. The number of amides is 2. The molecule has 1 aromatic heterocycles. The molecule has 94 valence electrons. The number of imidazole rings is 1. The van der Waals surface area contributed by atoms with Gasteiger partial charge in [0.15, 0.2) is 0 Å². The number of carbonyl (C=O) groups excluding carboxylic acids is 1. The number of urea groups is 1. The van der Waals surface area contributed by atoms with Gasteiger partial charge in [0.2, 0.25) is 0 Å². The summed E-state index contributed by atoms with van der Waals surface area (Å²) in [6.45, 7) is 1.86. The first-order valence-corrected chi connectivity index (χ1v) is 6.27. The van der Waals surface area contributed by atoms with Gasteiger partial charge in [0.05, 0.1) is 6.04 Å². The van der Waals surface area contributed by atoms with Gasteiger partial charge in [-0.3, -0.25) is 0 Å². The molecule has 2 rings (SSSR count). The van der Waals surface area contributed by atoms with Gasteiger partial charge in [0.1, 0.15) is 5.82 Å². The number of nitrogens with one attached hydrogen (secondary N) is 3. The molecule has 0 aliphatic carbocycles. The Bertz CT molecular complexity index is 509. The van der Waals surface area contributed by atoms with Crippen molar-refractivity contribution < 1.29 is 4.79 Å². The molecule has 0 spiro atoms. The average molecular weight is 309 g/mol. The van der Waals surface area contributed by atoms with Crippen LogP contribution in [0.15, 0.2) is 41.1 Å². The van der Waals surface area contributed by atoms with Gasteiger partial charge < -0.3 is 15.6 Å². The number of halogens is 1. The second-order valence-electron chi connectivity index (χ2n) is 3.80. The van der Waals surface area contributed by atoms with Crippen LogP contribution in [0.4, 0.5) is 10.5 Å². The fourth-order valence-corrected chi connectivity index (χ4v) is 1.74. The van der Waals surface area contributed by atoms with Crippen molar-refractivity contribution in [2.45, 2.75) is 13.0 Å². The van der Waals surface area contributed by atoms with E-state index in [-0.39, 0.29) is 12.1 Å². The second kappa shape index (κ2) is 5.68. The fourth-order valence-electron chi connectivity index (χ4n) is 1.48. The van der Waals surface area contributed by atoms with Crippen LogP contribution < -0.4 is 10.6 Å². The normalized spacial score (nSPS) is 11.9. The summed E-state index contributed by atoms with van der Waals surface area (Å²) in [5.74, 6) is 0.723. The maximum atomic E-state index is 11.7. The molecule has 18 heavy (non-hydrogen) atoms. The van der Waals surface area contributed by atoms with Gasteiger partial charge in [-0.1, -0.05) is 15.9 Å². The van der Waals surface area contributed by atoms with E-state index in [1.54, 1.807) is 12.4 Å². The first-order valence-electron chi connectivity index (χ1n) is 5.47. The molecule has 0 fully saturated rings. The van der Waals surface area contributed by atoms with Crippen LogP contribution in [0, 0.1) is 0 Å². The predicted molar refractivity (Wildman–Crippen MR) is 73.3 cm³/mol. The van der Waals surface area contributed by atoms with Crippen molar-refractivity contribution in [2.75, 3.05) is 5.32 Å². The van der Waals surface area contributed by atoms with Gasteiger partial charge in [-0.25, -0.2) is 9.78 Å². The predicted octanol–water partition coefficient (Wildman–Crippen LogP) is 3.05. The van der Waals surface area contributed by atoms with Gasteiger partial charge in [-0.2, -0.15) is 0 Å². The number of benzene rings is 1. The van der Waals surface area contributed by atoms with Gasteiger partial charge in [0.25, 0.3) is 0 Å². The number of carbonyl (C=O) groups is 1. The first-order chi connectivity index (χ1) is 8.65. The van der Waals surface area contributed by atoms with E-state index in [1.807, 2.05) is 31.2 Å². The fraction of sp³-hybridized carbons (Fsp3) is 0.167. The van der Waals surface area contributed by atoms with Crippen molar-refractivity contribution in [1.82, 2.24) is 15.3 Å². The van der Waals surface area contributed by atoms with E-state index in [1.165, 1.54) is 0 Å². The summed E-state index contributed by atoms with van der Waals surface area (Å²) in [4.78, 5) is 18.8. The van der Waals surface area contributed by atoms with Gasteiger partial charge >= 0.3 is 6.03 Å². The zero-order valence-electron chi connectivity index (χ0n) is 9.77. The molecule has 1 atom stereocenters. The third-order valence-corrected chi connectivity index (χ3v) is 2.91. The largest absolute Gasteiger partial charge is 0.347 e. The van der Waals surface area contributed by atoms with Crippen LogP contribution in [0.2, 0.25) is 0 Å². The van der Waals surface area contributed by atoms with E-state index in [2.05, 4.69) is 36.5 Å². The maximum Gasteiger partial charge on any atom is 0.319 e. The monoisotopic (exact) mass is 308 g/mol. The maximum absolute atomic E-state index is 11.7. The Morgan fingerprint density at radius 3 is 2.72 bits per heavy atom. The molecular formula is C12H13BrN4O. The third-order valence-electron chi connectivity index (χ3n) is 2.38. The number of aromatic nitrogens is 2. The molecule has 1 aromatic carbocycles. The number of rotatable bonds is 3. The molecule has 6 heteroatoms. The SMILES string of the molecule is C[C@H](NC(=O)Nc1ccc(Br)cc1)c1ncc[nH]1. The summed E-state index contributed by atoms with van der Waals surface area (Å²) in [5, 5.41) is 5.54. The standard InChI is InChI=1S/C12H13BrN4O/c1-8(11-14-6-7-15-11)16-12(18)17-10-4-2-9(13)3-5-10/h2-8H,1H3,(H,14,15)(H2,16,17,18)/t8-/m0/s1. The molecule has 0 aliphatic rings. The number of nitrogens with zero attached hydrogens (tertiary/aromatic N) is 1. The number of anilines is 1. The van der Waals surface area contributed by atoms with Gasteiger partial charge in [-0.15, -0.1) is 0 Å². The van der Waals surface area contributed by atoms with Crippen LogP contribution >= 0.6 is 15.9 Å². The summed E-state index contributed by atoms with van der Waals surface area (Å²) in [6, 6.07) is 6.94. The summed E-state index contributed by atoms with van der Waals surface area (Å²) < 4.78 is 0.970. The Balaban J connectivity index is 1.91. The van der Waals surface area contributed by atoms with Crippen molar-refractivity contribution in [2.24, 2.45) is 0 Å². The Hall–Kier alpha value is -1.82. The molecule has 0 aliphatic heterocycles. The smallest absolute Gasteiger partial charge is 0.319 e. The minimum Gasteiger partial charge on any atom is -0.347 e. The van der Waals surface area contributed by atoms with Crippen LogP contribution in [0.5, 0.6) is 0 Å². The highest BCUT2D eigenvalue weighted by Gasteiger charge is 2.10. The third kappa shape index (κ3) is 3.33.